The van der Waals surface area contributed by atoms with Gasteiger partial charge in [-0.15, -0.1) is 0 Å². The Labute approximate surface area is 96.2 Å². The molecule has 16 heavy (non-hydrogen) atoms. The molecule has 0 spiro atoms. The number of hydrogen-bond acceptors (Lipinski definition) is 2. The van der Waals surface area contributed by atoms with E-state index in [0.29, 0.717) is 12.3 Å². The molecular weight excluding hydrogens is 202 g/mol. The highest BCUT2D eigenvalue weighted by molar-refractivity contribution is 5.78. The molecular formula is C13H17NO2. The Balaban J connectivity index is 2.28. The van der Waals surface area contributed by atoms with Gasteiger partial charge in [0, 0.05) is 5.41 Å². The van der Waals surface area contributed by atoms with Crippen LogP contribution in [0, 0.1) is 17.3 Å². The SMILES string of the molecule is CC(C)(C)C#CCNC(=O)Cc1ccco1. The highest BCUT2D eigenvalue weighted by Gasteiger charge is 2.05. The normalized spacial score (nSPS) is 10.4. The Hall–Kier alpha value is -1.69. The molecule has 0 aliphatic heterocycles. The minimum Gasteiger partial charge on any atom is -0.469 e. The van der Waals surface area contributed by atoms with E-state index in [9.17, 15) is 4.79 Å². The van der Waals surface area contributed by atoms with Gasteiger partial charge in [0.25, 0.3) is 0 Å². The number of carbonyl (C=O) groups is 1. The van der Waals surface area contributed by atoms with E-state index in [1.165, 1.54) is 0 Å². The molecule has 0 saturated carbocycles. The molecule has 0 atom stereocenters. The first-order valence-electron chi connectivity index (χ1n) is 5.26. The Kier molecular flexibility index (Phi) is 4.19. The lowest BCUT2D eigenvalue weighted by molar-refractivity contribution is -0.120. The van der Waals surface area contributed by atoms with Crippen LogP contribution in [-0.2, 0) is 11.2 Å². The summed E-state index contributed by atoms with van der Waals surface area (Å²) in [5, 5.41) is 2.72. The summed E-state index contributed by atoms with van der Waals surface area (Å²) in [7, 11) is 0. The minimum absolute atomic E-state index is 0.0221. The third kappa shape index (κ3) is 5.26. The van der Waals surface area contributed by atoms with E-state index >= 15 is 0 Å². The van der Waals surface area contributed by atoms with Crippen LogP contribution in [-0.4, -0.2) is 12.5 Å². The van der Waals surface area contributed by atoms with E-state index in [1.54, 1.807) is 18.4 Å². The Bertz CT molecular complexity index is 388. The van der Waals surface area contributed by atoms with Gasteiger partial charge in [-0.1, -0.05) is 11.8 Å². The summed E-state index contributed by atoms with van der Waals surface area (Å²) in [6.07, 6.45) is 1.83. The van der Waals surface area contributed by atoms with Crippen LogP contribution in [0.25, 0.3) is 0 Å². The van der Waals surface area contributed by atoms with E-state index in [0.717, 1.165) is 0 Å². The van der Waals surface area contributed by atoms with Gasteiger partial charge in [-0.3, -0.25) is 4.79 Å². The highest BCUT2D eigenvalue weighted by atomic mass is 16.3. The molecule has 0 aliphatic rings. The second-order valence-electron chi connectivity index (χ2n) is 4.58. The van der Waals surface area contributed by atoms with Crippen LogP contribution in [0.15, 0.2) is 22.8 Å². The molecule has 0 aromatic carbocycles. The first kappa shape index (κ1) is 12.4. The maximum absolute atomic E-state index is 11.4. The molecule has 1 amide bonds. The molecule has 1 aromatic heterocycles. The predicted octanol–water partition coefficient (Wildman–Crippen LogP) is 1.99. The van der Waals surface area contributed by atoms with Gasteiger partial charge in [0.1, 0.15) is 5.76 Å². The van der Waals surface area contributed by atoms with Gasteiger partial charge in [-0.2, -0.15) is 0 Å². The van der Waals surface area contributed by atoms with Gasteiger partial charge in [-0.05, 0) is 32.9 Å². The van der Waals surface area contributed by atoms with E-state index in [2.05, 4.69) is 17.2 Å². The van der Waals surface area contributed by atoms with Gasteiger partial charge >= 0.3 is 0 Å². The van der Waals surface area contributed by atoms with Crippen molar-refractivity contribution >= 4 is 5.91 Å². The summed E-state index contributed by atoms with van der Waals surface area (Å²) < 4.78 is 5.07. The number of rotatable bonds is 3. The van der Waals surface area contributed by atoms with E-state index in [1.807, 2.05) is 20.8 Å². The van der Waals surface area contributed by atoms with Crippen molar-refractivity contribution in [1.82, 2.24) is 5.32 Å². The summed E-state index contributed by atoms with van der Waals surface area (Å²) in [5.74, 6) is 6.57. The van der Waals surface area contributed by atoms with E-state index in [4.69, 9.17) is 4.42 Å². The van der Waals surface area contributed by atoms with Crippen molar-refractivity contribution in [3.63, 3.8) is 0 Å². The molecule has 1 N–H and O–H groups in total. The zero-order chi connectivity index (χ0) is 12.0. The van der Waals surface area contributed by atoms with Crippen LogP contribution in [0.3, 0.4) is 0 Å². The third-order valence-corrected chi connectivity index (χ3v) is 1.75. The van der Waals surface area contributed by atoms with Crippen molar-refractivity contribution in [3.8, 4) is 11.8 Å². The summed E-state index contributed by atoms with van der Waals surface area (Å²) in [4.78, 5) is 11.4. The molecule has 0 radical (unpaired) electrons. The first-order chi connectivity index (χ1) is 7.47. The smallest absolute Gasteiger partial charge is 0.228 e. The quantitative estimate of drug-likeness (QED) is 0.790. The van der Waals surface area contributed by atoms with E-state index in [-0.39, 0.29) is 17.7 Å². The molecule has 1 heterocycles. The third-order valence-electron chi connectivity index (χ3n) is 1.75. The molecule has 0 saturated heterocycles. The fourth-order valence-corrected chi connectivity index (χ4v) is 1.09. The number of carbonyl (C=O) groups excluding carboxylic acids is 1. The Morgan fingerprint density at radius 2 is 2.25 bits per heavy atom. The van der Waals surface area contributed by atoms with Gasteiger partial charge in [0.15, 0.2) is 0 Å². The van der Waals surface area contributed by atoms with Crippen molar-refractivity contribution in [2.45, 2.75) is 27.2 Å². The summed E-state index contributed by atoms with van der Waals surface area (Å²) in [5.41, 5.74) is -0.0221. The van der Waals surface area contributed by atoms with Crippen molar-refractivity contribution in [3.05, 3.63) is 24.2 Å². The van der Waals surface area contributed by atoms with Gasteiger partial charge < -0.3 is 9.73 Å². The summed E-state index contributed by atoms with van der Waals surface area (Å²) in [6.45, 7) is 6.48. The number of furan rings is 1. The monoisotopic (exact) mass is 219 g/mol. The van der Waals surface area contributed by atoms with Crippen LogP contribution in [0.2, 0.25) is 0 Å². The Morgan fingerprint density at radius 1 is 1.50 bits per heavy atom. The van der Waals surface area contributed by atoms with Crippen LogP contribution in [0.4, 0.5) is 0 Å². The summed E-state index contributed by atoms with van der Waals surface area (Å²) >= 11 is 0. The topological polar surface area (TPSA) is 42.2 Å². The Morgan fingerprint density at radius 3 is 2.81 bits per heavy atom. The molecule has 3 heteroatoms. The molecule has 86 valence electrons. The lowest BCUT2D eigenvalue weighted by atomic mass is 9.98. The second kappa shape index (κ2) is 5.41. The van der Waals surface area contributed by atoms with Crippen LogP contribution in [0.5, 0.6) is 0 Å². The van der Waals surface area contributed by atoms with E-state index < -0.39 is 0 Å². The molecule has 0 bridgehead atoms. The second-order valence-corrected chi connectivity index (χ2v) is 4.58. The first-order valence-corrected chi connectivity index (χ1v) is 5.26. The largest absolute Gasteiger partial charge is 0.469 e. The van der Waals surface area contributed by atoms with Crippen molar-refractivity contribution in [2.75, 3.05) is 6.54 Å². The van der Waals surface area contributed by atoms with Crippen LogP contribution >= 0.6 is 0 Å². The van der Waals surface area contributed by atoms with Gasteiger partial charge in [0.05, 0.1) is 19.2 Å². The lowest BCUT2D eigenvalue weighted by Gasteiger charge is -2.07. The number of hydrogen-bond donors (Lipinski definition) is 1. The summed E-state index contributed by atoms with van der Waals surface area (Å²) in [6, 6.07) is 3.54. The van der Waals surface area contributed by atoms with Crippen molar-refractivity contribution in [2.24, 2.45) is 5.41 Å². The zero-order valence-corrected chi connectivity index (χ0v) is 9.96. The molecule has 1 aromatic rings. The fraction of sp³-hybridized carbons (Fsp3) is 0.462. The van der Waals surface area contributed by atoms with Crippen LogP contribution < -0.4 is 5.32 Å². The standard InChI is InChI=1S/C13H17NO2/c1-13(2,3)7-5-8-14-12(15)10-11-6-4-9-16-11/h4,6,9H,8,10H2,1-3H3,(H,14,15). The molecule has 0 aliphatic carbocycles. The van der Waals surface area contributed by atoms with Gasteiger partial charge in [-0.25, -0.2) is 0 Å². The number of amides is 1. The highest BCUT2D eigenvalue weighted by Crippen LogP contribution is 2.09. The predicted molar refractivity (Wildman–Crippen MR) is 62.7 cm³/mol. The number of nitrogens with one attached hydrogen (secondary N) is 1. The maximum Gasteiger partial charge on any atom is 0.228 e. The molecule has 0 unspecified atom stereocenters. The zero-order valence-electron chi connectivity index (χ0n) is 9.96. The average Bonchev–Trinajstić information content (AvgIpc) is 2.63. The molecule has 1 rings (SSSR count). The molecule has 3 nitrogen and oxygen atoms in total. The van der Waals surface area contributed by atoms with Crippen LogP contribution in [0.1, 0.15) is 26.5 Å². The van der Waals surface area contributed by atoms with Crippen molar-refractivity contribution < 1.29 is 9.21 Å². The van der Waals surface area contributed by atoms with Gasteiger partial charge in [0.2, 0.25) is 5.91 Å². The minimum atomic E-state index is -0.0711. The fourth-order valence-electron chi connectivity index (χ4n) is 1.09. The lowest BCUT2D eigenvalue weighted by Crippen LogP contribution is -2.25. The van der Waals surface area contributed by atoms with Crippen molar-refractivity contribution in [1.29, 1.82) is 0 Å². The average molecular weight is 219 g/mol. The maximum atomic E-state index is 11.4. The molecule has 0 fully saturated rings.